The molecule has 3 aliphatic carbocycles. The van der Waals surface area contributed by atoms with E-state index in [1.165, 1.54) is 43.3 Å². The molecule has 3 aliphatic heterocycles. The molecule has 0 bridgehead atoms. The number of nitrogens with zero attached hydrogens (tertiary/aromatic N) is 9. The van der Waals surface area contributed by atoms with Gasteiger partial charge in [-0.15, -0.1) is 0 Å². The molecule has 6 aromatic rings. The maximum Gasteiger partial charge on any atom is 0.413 e. The van der Waals surface area contributed by atoms with Gasteiger partial charge < -0.3 is 61.4 Å². The molecule has 1 fully saturated rings. The van der Waals surface area contributed by atoms with Crippen molar-refractivity contribution < 1.29 is 38.5 Å². The monoisotopic (exact) mass is 1470 g/mol. The molecule has 2 unspecified atom stereocenters. The molecule has 538 valence electrons. The van der Waals surface area contributed by atoms with Crippen molar-refractivity contribution in [3.05, 3.63) is 180 Å². The lowest BCUT2D eigenvalue weighted by Crippen LogP contribution is -2.48. The summed E-state index contributed by atoms with van der Waals surface area (Å²) in [5.74, 6) is 1.01. The summed E-state index contributed by atoms with van der Waals surface area (Å²) in [6, 6.07) is 18.0. The number of H-pyrrole nitrogens is 3. The van der Waals surface area contributed by atoms with E-state index in [9.17, 15) is 34.1 Å². The lowest BCUT2D eigenvalue weighted by atomic mass is 9.76. The Morgan fingerprint density at radius 2 is 0.903 bits per heavy atom. The molecule has 12 rings (SSSR count). The van der Waals surface area contributed by atoms with Crippen molar-refractivity contribution in [2.24, 2.45) is 31.3 Å². The maximum absolute atomic E-state index is 12.8. The van der Waals surface area contributed by atoms with Gasteiger partial charge in [-0.2, -0.15) is 0 Å². The van der Waals surface area contributed by atoms with Gasteiger partial charge in [0, 0.05) is 77.7 Å². The zero-order valence-electron chi connectivity index (χ0n) is 58.6. The van der Waals surface area contributed by atoms with E-state index in [2.05, 4.69) is 206 Å². The fourth-order valence-electron chi connectivity index (χ4n) is 12.4. The smallest absolute Gasteiger partial charge is 0.413 e. The number of hydrogen-bond donors (Lipinski definition) is 12. The molecule has 6 heterocycles. The van der Waals surface area contributed by atoms with Crippen LogP contribution in [0.15, 0.2) is 111 Å². The molecule has 3 aromatic heterocycles. The average Bonchev–Trinajstić information content (AvgIpc) is 1.29. The largest absolute Gasteiger partial charge is 0.453 e. The fourth-order valence-corrected chi connectivity index (χ4v) is 12.7. The molecule has 6 aliphatic rings. The van der Waals surface area contributed by atoms with E-state index >= 15 is 0 Å². The summed E-state index contributed by atoms with van der Waals surface area (Å²) in [4.78, 5) is 108. The number of halogens is 1. The van der Waals surface area contributed by atoms with Crippen LogP contribution in [-0.4, -0.2) is 136 Å². The molecule has 0 spiro atoms. The quantitative estimate of drug-likeness (QED) is 0.0290. The SMILES string of the molecule is COC(=O)NC1=NCC(c2ccc(NC(=O)c3ncc(Br)[nH]3)c(C3=CCC(C)(C)CC3)c2)CN1.[C-]#[N+]c1cnc(C(=O)Nc2ccc(C3CN=C(NC(=O)OC)NC3)cc2C2=CCC(C)(C)CC2)[nH]1.[C-]#[N+]c1cnc(C(=O)Nc2ccc(C3CNC(=N[N+](=O)[O-])NC3)cc2C2=CCC(C)(C)CC2)[nH]1. The van der Waals surface area contributed by atoms with E-state index in [0.717, 1.165) is 96.9 Å². The molecule has 3 aromatic carbocycles. The summed E-state index contributed by atoms with van der Waals surface area (Å²) >= 11 is 3.29. The number of hydrogen-bond acceptors (Lipinski definition) is 16. The number of amides is 5. The lowest BCUT2D eigenvalue weighted by Gasteiger charge is -2.30. The summed E-state index contributed by atoms with van der Waals surface area (Å²) in [6.45, 7) is 31.0. The topological polar surface area (TPSA) is 387 Å². The molecule has 0 saturated carbocycles. The second kappa shape index (κ2) is 32.9. The van der Waals surface area contributed by atoms with Crippen molar-refractivity contribution in [3.8, 4) is 0 Å². The molecule has 30 nitrogen and oxygen atoms in total. The molecule has 0 radical (unpaired) electrons. The van der Waals surface area contributed by atoms with Crippen LogP contribution in [0.1, 0.15) is 182 Å². The Morgan fingerprint density at radius 3 is 1.20 bits per heavy atom. The van der Waals surface area contributed by atoms with Crippen LogP contribution < -0.4 is 47.9 Å². The van der Waals surface area contributed by atoms with E-state index in [4.69, 9.17) is 13.1 Å². The van der Waals surface area contributed by atoms with Crippen molar-refractivity contribution in [2.45, 2.75) is 117 Å². The Bertz CT molecular complexity index is 4490. The van der Waals surface area contributed by atoms with E-state index in [0.29, 0.717) is 67.2 Å². The highest BCUT2D eigenvalue weighted by Crippen LogP contribution is 2.44. The minimum atomic E-state index is -0.734. The second-order valence-corrected chi connectivity index (χ2v) is 28.9. The van der Waals surface area contributed by atoms with Crippen LogP contribution in [0.5, 0.6) is 0 Å². The van der Waals surface area contributed by atoms with Crippen LogP contribution in [0.4, 0.5) is 38.3 Å². The average molecular weight is 1470 g/mol. The molecule has 12 N–H and O–H groups in total. The van der Waals surface area contributed by atoms with Gasteiger partial charge in [-0.3, -0.25) is 45.0 Å². The van der Waals surface area contributed by atoms with Crippen molar-refractivity contribution >= 4 is 109 Å². The van der Waals surface area contributed by atoms with Gasteiger partial charge >= 0.3 is 24.0 Å². The fraction of sp³-hybridized carbons (Fsp3) is 0.403. The summed E-state index contributed by atoms with van der Waals surface area (Å²) in [5.41, 5.74) is 12.7. The number of aromatic amines is 3. The summed E-state index contributed by atoms with van der Waals surface area (Å²) in [6.07, 6.45) is 18.7. The minimum Gasteiger partial charge on any atom is -0.453 e. The Hall–Kier alpha value is -11.5. The van der Waals surface area contributed by atoms with E-state index < -0.39 is 29.0 Å². The Morgan fingerprint density at radius 1 is 0.544 bits per heavy atom. The number of allylic oxidation sites excluding steroid dienone is 6. The molecular formula is C72H84BrN21O9. The number of anilines is 3. The number of ether oxygens (including phenoxy) is 2. The number of benzene rings is 3. The Kier molecular flexibility index (Phi) is 23.7. The highest BCUT2D eigenvalue weighted by atomic mass is 79.9. The third-order valence-electron chi connectivity index (χ3n) is 18.8. The number of guanidine groups is 3. The summed E-state index contributed by atoms with van der Waals surface area (Å²) in [7, 11) is 2.62. The highest BCUT2D eigenvalue weighted by Gasteiger charge is 2.31. The molecule has 5 amide bonds. The Balaban J connectivity index is 0.000000166. The van der Waals surface area contributed by atoms with Crippen LogP contribution >= 0.6 is 15.9 Å². The number of nitro groups is 1. The first-order valence-corrected chi connectivity index (χ1v) is 34.5. The third-order valence-corrected chi connectivity index (χ3v) is 19.2. The van der Waals surface area contributed by atoms with Crippen molar-refractivity contribution in [2.75, 3.05) is 69.4 Å². The van der Waals surface area contributed by atoms with Crippen LogP contribution in [0.2, 0.25) is 0 Å². The zero-order chi connectivity index (χ0) is 73.6. The second-order valence-electron chi connectivity index (χ2n) is 28.0. The molecule has 31 heteroatoms. The minimum absolute atomic E-state index is 0.0705. The predicted molar refractivity (Wildman–Crippen MR) is 396 cm³/mol. The Labute approximate surface area is 604 Å². The molecule has 103 heavy (non-hydrogen) atoms. The van der Waals surface area contributed by atoms with E-state index in [-0.39, 0.29) is 75.0 Å². The number of aromatic nitrogens is 6. The number of rotatable bonds is 13. The third kappa shape index (κ3) is 20.0. The van der Waals surface area contributed by atoms with Crippen LogP contribution in [0, 0.1) is 39.5 Å². The van der Waals surface area contributed by atoms with Crippen molar-refractivity contribution in [1.82, 2.24) is 61.8 Å². The molecular weight excluding hydrogens is 1380 g/mol. The number of carbonyl (C=O) groups is 5. The van der Waals surface area contributed by atoms with Gasteiger partial charge in [0.1, 0.15) is 9.70 Å². The van der Waals surface area contributed by atoms with Gasteiger partial charge in [0.05, 0.1) is 45.9 Å². The van der Waals surface area contributed by atoms with Gasteiger partial charge in [-0.1, -0.05) is 91.1 Å². The lowest BCUT2D eigenvalue weighted by molar-refractivity contribution is -0.485. The van der Waals surface area contributed by atoms with E-state index in [1.54, 1.807) is 6.20 Å². The van der Waals surface area contributed by atoms with Crippen LogP contribution in [0.25, 0.3) is 26.4 Å². The van der Waals surface area contributed by atoms with Gasteiger partial charge in [0.2, 0.25) is 23.6 Å². The zero-order valence-corrected chi connectivity index (χ0v) is 60.2. The van der Waals surface area contributed by atoms with Crippen LogP contribution in [0.3, 0.4) is 0 Å². The normalized spacial score (nSPS) is 19.1. The first kappa shape index (κ1) is 74.2. The number of imidazole rings is 3. The number of methoxy groups -OCH3 is 2. The number of carbonyl (C=O) groups excluding carboxylic acids is 5. The number of hydrazone groups is 1. The number of nitrogens with one attached hydrogen (secondary N) is 12. The van der Waals surface area contributed by atoms with Gasteiger partial charge in [0.15, 0.2) is 10.9 Å². The molecule has 1 saturated heterocycles. The van der Waals surface area contributed by atoms with Crippen molar-refractivity contribution in [1.29, 1.82) is 0 Å². The van der Waals surface area contributed by atoms with Gasteiger partial charge in [-0.25, -0.2) is 34.7 Å². The van der Waals surface area contributed by atoms with E-state index in [1.807, 2.05) is 36.4 Å². The van der Waals surface area contributed by atoms with Crippen LogP contribution in [-0.2, 0) is 9.47 Å². The van der Waals surface area contributed by atoms with Gasteiger partial charge in [-0.05, 0) is 160 Å². The predicted octanol–water partition coefficient (Wildman–Crippen LogP) is 12.3. The molecule has 2 atom stereocenters. The maximum atomic E-state index is 12.8. The number of aliphatic imine (C=N–C) groups is 2. The van der Waals surface area contributed by atoms with Gasteiger partial charge in [0.25, 0.3) is 23.5 Å². The standard InChI is InChI=1S/C25H29N7O3.C24H29BrN6O3.C23H26N8O3/c1-25(2)9-7-15(8-10-25)18-11-16(17-12-28-23(29-13-17)32-24(34)35-4)5-6-19(18)30-22(33)21-27-14-20(26-3)31-21;1-24(2)8-6-14(7-9-24)17-10-15(16-11-27-22(28-12-16)31-23(33)34-3)4-5-18(17)29-21(32)20-26-13-19(25)30-20;1-23(2)8-6-14(7-9-23)17-10-15(16-11-26-22(27-12-16)30-31(33)34)4-5-18(17)28-21(32)20-25-13-19(24-3)29-20/h5-7,11,14,17H,8-10,12-13H2,1-2,4H3,(H,27,31)(H,30,33)(H2,28,29,32,34);4-6,10,13,16H,7-9,11-12H2,1-3H3,(H,26,30)(H,29,32)(H2,27,28,31,33);4-6,10,13,16H,7-9,11-12H2,1-2H3,(H,25,29)(H,28,32)(H2,26,27,30). The summed E-state index contributed by atoms with van der Waals surface area (Å²) in [5, 5.41) is 39.4. The highest BCUT2D eigenvalue weighted by molar-refractivity contribution is 9.10. The first-order valence-electron chi connectivity index (χ1n) is 33.7. The number of alkyl carbamates (subject to hydrolysis) is 2. The first-order chi connectivity index (χ1) is 49.2. The van der Waals surface area contributed by atoms with Crippen molar-refractivity contribution in [3.63, 3.8) is 0 Å². The summed E-state index contributed by atoms with van der Waals surface area (Å²) < 4.78 is 9.88.